The molecule has 1 amide bonds. The molecule has 0 spiro atoms. The lowest BCUT2D eigenvalue weighted by atomic mass is 9.97. The van der Waals surface area contributed by atoms with Gasteiger partial charge in [-0.05, 0) is 43.0 Å². The second-order valence-corrected chi connectivity index (χ2v) is 10.2. The van der Waals surface area contributed by atoms with Gasteiger partial charge in [-0.2, -0.15) is 0 Å². The zero-order valence-electron chi connectivity index (χ0n) is 16.2. The van der Waals surface area contributed by atoms with E-state index in [4.69, 9.17) is 23.2 Å². The van der Waals surface area contributed by atoms with Crippen LogP contribution >= 0.6 is 23.2 Å². The molecule has 1 saturated heterocycles. The maximum atomic E-state index is 12.7. The lowest BCUT2D eigenvalue weighted by molar-refractivity contribution is -0.126. The Labute approximate surface area is 182 Å². The molecule has 2 aromatic carbocycles. The van der Waals surface area contributed by atoms with E-state index in [2.05, 4.69) is 5.32 Å². The molecule has 0 radical (unpaired) electrons. The topological polar surface area (TPSA) is 66.5 Å². The number of rotatable bonds is 6. The number of benzene rings is 2. The van der Waals surface area contributed by atoms with E-state index in [1.54, 1.807) is 18.2 Å². The highest BCUT2D eigenvalue weighted by molar-refractivity contribution is 7.88. The van der Waals surface area contributed by atoms with Gasteiger partial charge in [-0.1, -0.05) is 59.1 Å². The number of sulfonamides is 1. The van der Waals surface area contributed by atoms with Crippen molar-refractivity contribution in [3.8, 4) is 0 Å². The molecule has 1 heterocycles. The lowest BCUT2D eigenvalue weighted by Crippen LogP contribution is -2.43. The third kappa shape index (κ3) is 5.95. The summed E-state index contributed by atoms with van der Waals surface area (Å²) in [6.45, 7) is 3.15. The molecule has 0 aliphatic carbocycles. The summed E-state index contributed by atoms with van der Waals surface area (Å²) in [5.74, 6) is -0.373. The molecule has 0 aromatic heterocycles. The van der Waals surface area contributed by atoms with Gasteiger partial charge in [0.15, 0.2) is 0 Å². The van der Waals surface area contributed by atoms with Gasteiger partial charge in [0.25, 0.3) is 0 Å². The Balaban J connectivity index is 1.53. The number of nitrogens with one attached hydrogen (secondary N) is 1. The maximum Gasteiger partial charge on any atom is 0.223 e. The Bertz CT molecular complexity index is 987. The zero-order valence-corrected chi connectivity index (χ0v) is 18.5. The number of hydrogen-bond donors (Lipinski definition) is 1. The van der Waals surface area contributed by atoms with Gasteiger partial charge >= 0.3 is 0 Å². The summed E-state index contributed by atoms with van der Waals surface area (Å²) in [4.78, 5) is 12.5. The highest BCUT2D eigenvalue weighted by Gasteiger charge is 2.31. The van der Waals surface area contributed by atoms with E-state index in [0.717, 1.165) is 11.1 Å². The largest absolute Gasteiger partial charge is 0.352 e. The van der Waals surface area contributed by atoms with Gasteiger partial charge < -0.3 is 5.32 Å². The minimum Gasteiger partial charge on any atom is -0.352 e. The fourth-order valence-electron chi connectivity index (χ4n) is 3.48. The third-order valence-corrected chi connectivity index (χ3v) is 7.54. The first-order valence-corrected chi connectivity index (χ1v) is 11.9. The van der Waals surface area contributed by atoms with Crippen LogP contribution in [0.2, 0.25) is 10.0 Å². The zero-order chi connectivity index (χ0) is 21.0. The summed E-state index contributed by atoms with van der Waals surface area (Å²) >= 11 is 12.0. The smallest absolute Gasteiger partial charge is 0.223 e. The van der Waals surface area contributed by atoms with E-state index in [9.17, 15) is 13.2 Å². The molecule has 0 bridgehead atoms. The van der Waals surface area contributed by atoms with Crippen molar-refractivity contribution in [3.63, 3.8) is 0 Å². The standard InChI is InChI=1S/C21H24Cl2N2O3S/c1-15-3-2-4-16(11-15)13-24-21(26)17-7-9-25(10-8-17)29(27,28)14-18-5-6-19(22)12-20(18)23/h2-6,11-12,17H,7-10,13-14H2,1H3,(H,24,26). The molecule has 0 atom stereocenters. The van der Waals surface area contributed by atoms with Crippen molar-refractivity contribution in [1.29, 1.82) is 0 Å². The van der Waals surface area contributed by atoms with Crippen molar-refractivity contribution in [2.75, 3.05) is 13.1 Å². The molecule has 29 heavy (non-hydrogen) atoms. The van der Waals surface area contributed by atoms with Gasteiger partial charge in [-0.3, -0.25) is 4.79 Å². The summed E-state index contributed by atoms with van der Waals surface area (Å²) < 4.78 is 26.9. The van der Waals surface area contributed by atoms with E-state index in [-0.39, 0.29) is 17.6 Å². The molecule has 1 aliphatic rings. The van der Waals surface area contributed by atoms with E-state index in [1.165, 1.54) is 4.31 Å². The molecule has 8 heteroatoms. The predicted molar refractivity (Wildman–Crippen MR) is 116 cm³/mol. The summed E-state index contributed by atoms with van der Waals surface area (Å²) in [5, 5.41) is 3.77. The first kappa shape index (κ1) is 22.1. The quantitative estimate of drug-likeness (QED) is 0.712. The average Bonchev–Trinajstić information content (AvgIpc) is 2.68. The van der Waals surface area contributed by atoms with Crippen LogP contribution in [-0.4, -0.2) is 31.7 Å². The third-order valence-electron chi connectivity index (χ3n) is 5.12. The Morgan fingerprint density at radius 1 is 1.14 bits per heavy atom. The summed E-state index contributed by atoms with van der Waals surface area (Å²) in [7, 11) is -3.51. The number of halogens is 2. The lowest BCUT2D eigenvalue weighted by Gasteiger charge is -2.30. The number of hydrogen-bond acceptors (Lipinski definition) is 3. The van der Waals surface area contributed by atoms with Crippen molar-refractivity contribution in [2.45, 2.75) is 32.1 Å². The Morgan fingerprint density at radius 3 is 2.52 bits per heavy atom. The summed E-state index contributed by atoms with van der Waals surface area (Å²) in [6, 6.07) is 12.8. The van der Waals surface area contributed by atoms with Crippen LogP contribution in [0.3, 0.4) is 0 Å². The van der Waals surface area contributed by atoms with Crippen LogP contribution in [0.25, 0.3) is 0 Å². The first-order valence-electron chi connectivity index (χ1n) is 9.49. The maximum absolute atomic E-state index is 12.7. The van der Waals surface area contributed by atoms with Crippen LogP contribution in [0.4, 0.5) is 0 Å². The molecule has 0 unspecified atom stereocenters. The minimum atomic E-state index is -3.51. The molecule has 0 saturated carbocycles. The molecule has 1 N–H and O–H groups in total. The van der Waals surface area contributed by atoms with Gasteiger partial charge in [-0.15, -0.1) is 0 Å². The van der Waals surface area contributed by atoms with Crippen LogP contribution < -0.4 is 5.32 Å². The molecular weight excluding hydrogens is 431 g/mol. The fraction of sp³-hybridized carbons (Fsp3) is 0.381. The Morgan fingerprint density at radius 2 is 1.86 bits per heavy atom. The first-order chi connectivity index (χ1) is 13.7. The number of amides is 1. The molecule has 1 fully saturated rings. The number of nitrogens with zero attached hydrogens (tertiary/aromatic N) is 1. The van der Waals surface area contributed by atoms with E-state index in [1.807, 2.05) is 31.2 Å². The SMILES string of the molecule is Cc1cccc(CNC(=O)C2CCN(S(=O)(=O)Cc3ccc(Cl)cc3Cl)CC2)c1. The van der Waals surface area contributed by atoms with Crippen molar-refractivity contribution >= 4 is 39.1 Å². The molecule has 2 aromatic rings. The second-order valence-electron chi connectivity index (χ2n) is 7.37. The number of carbonyl (C=O) groups excluding carboxylic acids is 1. The predicted octanol–water partition coefficient (Wildman–Crippen LogP) is 4.16. The van der Waals surface area contributed by atoms with E-state index in [0.29, 0.717) is 48.1 Å². The van der Waals surface area contributed by atoms with Gasteiger partial charge in [-0.25, -0.2) is 12.7 Å². The van der Waals surface area contributed by atoms with E-state index >= 15 is 0 Å². The van der Waals surface area contributed by atoms with Crippen LogP contribution in [0.15, 0.2) is 42.5 Å². The van der Waals surface area contributed by atoms with Gasteiger partial charge in [0.05, 0.1) is 5.75 Å². The van der Waals surface area contributed by atoms with Gasteiger partial charge in [0.1, 0.15) is 0 Å². The van der Waals surface area contributed by atoms with Crippen LogP contribution in [0.1, 0.15) is 29.5 Å². The van der Waals surface area contributed by atoms with Crippen LogP contribution in [-0.2, 0) is 27.1 Å². The fourth-order valence-corrected chi connectivity index (χ4v) is 5.63. The van der Waals surface area contributed by atoms with Gasteiger partial charge in [0, 0.05) is 35.6 Å². The highest BCUT2D eigenvalue weighted by Crippen LogP contribution is 2.26. The van der Waals surface area contributed by atoms with Crippen molar-refractivity contribution in [3.05, 3.63) is 69.2 Å². The second kappa shape index (κ2) is 9.47. The molecule has 3 rings (SSSR count). The van der Waals surface area contributed by atoms with Gasteiger partial charge in [0.2, 0.25) is 15.9 Å². The van der Waals surface area contributed by atoms with Crippen molar-refractivity contribution in [1.82, 2.24) is 9.62 Å². The number of carbonyl (C=O) groups is 1. The Hall–Kier alpha value is -1.60. The van der Waals surface area contributed by atoms with Crippen LogP contribution in [0.5, 0.6) is 0 Å². The summed E-state index contributed by atoms with van der Waals surface area (Å²) in [5.41, 5.74) is 2.73. The molecular formula is C21H24Cl2N2O3S. The van der Waals surface area contributed by atoms with E-state index < -0.39 is 10.0 Å². The highest BCUT2D eigenvalue weighted by atomic mass is 35.5. The normalized spacial score (nSPS) is 16.0. The molecule has 5 nitrogen and oxygen atoms in total. The monoisotopic (exact) mass is 454 g/mol. The average molecular weight is 455 g/mol. The molecule has 156 valence electrons. The van der Waals surface area contributed by atoms with Crippen molar-refractivity contribution in [2.24, 2.45) is 5.92 Å². The number of piperidine rings is 1. The minimum absolute atomic E-state index is 0.0238. The number of aryl methyl sites for hydroxylation is 1. The molecule has 1 aliphatic heterocycles. The summed E-state index contributed by atoms with van der Waals surface area (Å²) in [6.07, 6.45) is 1.01. The van der Waals surface area contributed by atoms with Crippen molar-refractivity contribution < 1.29 is 13.2 Å². The Kier molecular flexibility index (Phi) is 7.22. The van der Waals surface area contributed by atoms with Crippen LogP contribution in [0, 0.1) is 12.8 Å².